The summed E-state index contributed by atoms with van der Waals surface area (Å²) in [5.74, 6) is -19.2. The third-order valence-electron chi connectivity index (χ3n) is 24.9. The smallest absolute Gasteiger partial charge is 0.305 e. The number of aromatic hydroxyl groups is 1. The SMILES string of the molecule is CCCC[C@H]1C(=O)N[C@@H](CCN)C(=O)N[C@H](C(=O)NCC(N)=O)CSCC(=O)N[C@@H](Cc2ccc(O)cc2)C(=O)N2CCCC[C@H]2C(=O)N[C@@H](CC(=O)O)C(=O)N2CCC[C@H]2C(=O)N[C@@H](Cc2cnc[nH]2)C(=O)N[C@@H](CCC(=O)O)C(=O)N2CCC[C@H]2C(=O)N[C@@H](Cc2c[nH]c3ccccc23)C(=O)C[C@@H](CO)C(=O)N[C@@H](Cc2ccc3ccccc3c2)c2nnnn2[C@@H](CCCC)C(=O)N1C. The Morgan fingerprint density at radius 1 is 0.559 bits per heavy atom. The Morgan fingerprint density at radius 2 is 1.15 bits per heavy atom. The van der Waals surface area contributed by atoms with Gasteiger partial charge in [-0.1, -0.05) is 112 Å². The maximum Gasteiger partial charge on any atom is 0.305 e. The first-order valence-electron chi connectivity index (χ1n) is 45.9. The number of fused-ring (bicyclic) bond motifs is 6. The van der Waals surface area contributed by atoms with Crippen LogP contribution in [-0.2, 0) is 107 Å². The summed E-state index contributed by atoms with van der Waals surface area (Å²) in [6.07, 6.45) is 2.79. The van der Waals surface area contributed by atoms with Crippen molar-refractivity contribution >= 4 is 134 Å². The van der Waals surface area contributed by atoms with E-state index in [0.717, 1.165) is 32.3 Å². The van der Waals surface area contributed by atoms with Gasteiger partial charge >= 0.3 is 11.9 Å². The zero-order valence-electron chi connectivity index (χ0n) is 76.0. The number of nitrogens with zero attached hydrogens (tertiary/aromatic N) is 9. The van der Waals surface area contributed by atoms with Crippen LogP contribution in [0.1, 0.15) is 170 Å². The highest BCUT2D eigenvalue weighted by Gasteiger charge is 2.46. The number of aliphatic hydroxyl groups excluding tert-OH is 1. The van der Waals surface area contributed by atoms with Crippen molar-refractivity contribution in [3.63, 3.8) is 0 Å². The molecule has 44 heteroatoms. The van der Waals surface area contributed by atoms with Crippen LogP contribution in [0.5, 0.6) is 5.75 Å². The monoisotopic (exact) mass is 1900 g/mol. The number of phenols is 1. The Labute approximate surface area is 787 Å². The van der Waals surface area contributed by atoms with Gasteiger partial charge in [-0.2, -0.15) is 0 Å². The topological polar surface area (TPSA) is 632 Å². The van der Waals surface area contributed by atoms with Gasteiger partial charge in [0.1, 0.15) is 72.2 Å². The summed E-state index contributed by atoms with van der Waals surface area (Å²) in [6, 6.07) is 6.26. The number of piperidine rings is 1. The fourth-order valence-corrected chi connectivity index (χ4v) is 18.5. The lowest BCUT2D eigenvalue weighted by Gasteiger charge is -2.38. The predicted molar refractivity (Wildman–Crippen MR) is 492 cm³/mol. The number of carbonyl (C=O) groups is 17. The summed E-state index contributed by atoms with van der Waals surface area (Å²) in [6.45, 7) is 1.47. The molecule has 7 aromatic rings. The number of unbranched alkanes of at least 4 members (excludes halogenated alkanes) is 2. The number of hydrogen-bond donors (Lipinski definition) is 17. The van der Waals surface area contributed by atoms with E-state index in [4.69, 9.17) is 11.5 Å². The summed E-state index contributed by atoms with van der Waals surface area (Å²) in [5, 5.41) is 81.5. The standard InChI is InChI=1S/C92H120N22O21S/c1-4-6-20-70-85(128)100-62(33-34-93)83(126)106-69(82(125)97-47-76(94)118)49-136-50-77(119)99-67(39-52-26-29-59(116)30-27-52)90(133)111-35-13-12-22-71(111)88(131)105-68(44-79(122)123)91(134)113-37-15-24-73(113)87(130)104-66(43-58-46-95-51-98-58)84(127)101-63(31-32-78(120)121)89(132)112-36-14-23-72(112)86(129)102-64(41-56-45-96-61-19-11-10-18-60(56)61)75(117)42-57(48-115)81(124)103-65(40-53-25-28-54-16-8-9-17-55(54)38-53)80-107-108-109-114(80)74(21-7-5-2)92(135)110(70)3/h8-11,16-19,25-30,38,45-46,51,57,62-74,96,115-116H,4-7,12-15,20-24,31-37,39-44,47-50,93H2,1-3H3,(H2,94,118)(H,95,98)(H,97,125)(H,99,119)(H,100,128)(H,101,127)(H,102,129)(H,103,124)(H,104,130)(H,105,131)(H,106,126)(H,120,121)(H,122,123)/t57-,62-,63-,64-,65-,66-,67-,68-,69-,70-,71-,72-,73-,74-/m0/s1. The van der Waals surface area contributed by atoms with E-state index in [1.54, 1.807) is 30.5 Å². The second-order valence-electron chi connectivity index (χ2n) is 34.7. The van der Waals surface area contributed by atoms with Crippen LogP contribution in [0.15, 0.2) is 110 Å². The second kappa shape index (κ2) is 49.5. The molecular weight excluding hydrogens is 1780 g/mol. The molecule has 3 fully saturated rings. The van der Waals surface area contributed by atoms with Crippen molar-refractivity contribution in [1.82, 2.24) is 103 Å². The van der Waals surface area contributed by atoms with E-state index in [9.17, 15) is 58.8 Å². The number of ketones is 1. The predicted octanol–water partition coefficient (Wildman–Crippen LogP) is -0.0261. The maximum atomic E-state index is 15.7. The molecule has 136 heavy (non-hydrogen) atoms. The molecule has 43 nitrogen and oxygen atoms in total. The number of phenolic OH excluding ortho intramolecular Hbond substituents is 1. The molecule has 0 unspecified atom stereocenters. The normalized spacial score (nSPS) is 24.4. The van der Waals surface area contributed by atoms with Gasteiger partial charge in [-0.05, 0) is 133 Å². The number of likely N-dealkylation sites (N-methyl/N-ethyl adjacent to an activating group) is 1. The Bertz CT molecular complexity index is 5440. The van der Waals surface area contributed by atoms with Crippen molar-refractivity contribution in [1.29, 1.82) is 0 Å². The van der Waals surface area contributed by atoms with Crippen molar-refractivity contribution in [2.75, 3.05) is 57.9 Å². The first kappa shape index (κ1) is 103. The number of aromatic nitrogens is 7. The van der Waals surface area contributed by atoms with Crippen molar-refractivity contribution in [3.05, 3.63) is 138 Å². The Balaban J connectivity index is 0.956. The number of nitrogens with two attached hydrogens (primary N) is 2. The number of aromatic amines is 2. The molecule has 0 spiro atoms. The van der Waals surface area contributed by atoms with Crippen LogP contribution in [0.4, 0.5) is 0 Å². The quantitative estimate of drug-likeness (QED) is 0.0357. The van der Waals surface area contributed by atoms with Crippen molar-refractivity contribution in [2.45, 2.75) is 234 Å². The number of tetrazole rings is 1. The van der Waals surface area contributed by atoms with Gasteiger partial charge in [0.25, 0.3) is 0 Å². The molecule has 19 N–H and O–H groups in total. The summed E-state index contributed by atoms with van der Waals surface area (Å²) in [5.41, 5.74) is 14.1. The number of primary amides is 1. The number of imidazole rings is 1. The highest BCUT2D eigenvalue weighted by molar-refractivity contribution is 8.00. The summed E-state index contributed by atoms with van der Waals surface area (Å²) < 4.78 is 1.25. The number of nitrogens with one attached hydrogen (secondary N) is 11. The van der Waals surface area contributed by atoms with Gasteiger partial charge in [-0.3, -0.25) is 81.5 Å². The Hall–Kier alpha value is -13.8. The minimum atomic E-state index is -1.90. The number of aliphatic carboxylic acids is 2. The lowest BCUT2D eigenvalue weighted by molar-refractivity contribution is -0.149. The van der Waals surface area contributed by atoms with Crippen molar-refractivity contribution in [3.8, 4) is 5.75 Å². The number of H-pyrrole nitrogens is 2. The molecule has 3 aromatic heterocycles. The van der Waals surface area contributed by atoms with E-state index in [1.807, 2.05) is 56.3 Å². The van der Waals surface area contributed by atoms with E-state index < -0.39 is 235 Å². The third-order valence-corrected chi connectivity index (χ3v) is 26.0. The zero-order chi connectivity index (χ0) is 97.8. The first-order chi connectivity index (χ1) is 65.3. The van der Waals surface area contributed by atoms with Crippen LogP contribution in [-0.4, -0.2) is 300 Å². The van der Waals surface area contributed by atoms with Crippen LogP contribution in [0.3, 0.4) is 0 Å². The highest BCUT2D eigenvalue weighted by atomic mass is 32.2. The number of rotatable bonds is 25. The summed E-state index contributed by atoms with van der Waals surface area (Å²) in [7, 11) is 1.39. The molecule has 0 bridgehead atoms. The van der Waals surface area contributed by atoms with E-state index in [2.05, 4.69) is 78.3 Å². The van der Waals surface area contributed by atoms with Crippen LogP contribution in [0.2, 0.25) is 0 Å². The second-order valence-corrected chi connectivity index (χ2v) is 35.7. The van der Waals surface area contributed by atoms with Crippen LogP contribution in [0.25, 0.3) is 21.7 Å². The van der Waals surface area contributed by atoms with E-state index in [1.165, 1.54) is 58.3 Å². The van der Waals surface area contributed by atoms with E-state index >= 15 is 43.2 Å². The number of Topliss-reactive ketones (excluding diaryl/α,β-unsaturated/α-hetero) is 1. The van der Waals surface area contributed by atoms with Gasteiger partial charge in [-0.25, -0.2) is 9.67 Å². The van der Waals surface area contributed by atoms with Crippen LogP contribution < -0.4 is 59.3 Å². The number of para-hydroxylation sites is 1. The average molecular weight is 1900 g/mol. The molecule has 0 saturated carbocycles. The molecule has 0 radical (unpaired) electrons. The zero-order valence-corrected chi connectivity index (χ0v) is 76.8. The molecule has 730 valence electrons. The van der Waals surface area contributed by atoms with Crippen LogP contribution >= 0.6 is 11.8 Å². The number of thioether (sulfide) groups is 1. The van der Waals surface area contributed by atoms with Crippen LogP contribution in [0, 0.1) is 5.92 Å². The van der Waals surface area contributed by atoms with Gasteiger partial charge in [0, 0.05) is 100.0 Å². The van der Waals surface area contributed by atoms with Crippen molar-refractivity contribution < 1.29 is 102 Å². The number of carboxylic acid groups (broad SMARTS) is 2. The fourth-order valence-electron chi connectivity index (χ4n) is 17.7. The molecule has 14 atom stereocenters. The third kappa shape index (κ3) is 27.5. The molecule has 7 heterocycles. The number of aliphatic hydroxyl groups is 1. The minimum absolute atomic E-state index is 0.0157. The Morgan fingerprint density at radius 3 is 1.79 bits per heavy atom. The molecular formula is C92H120N22O21S. The molecule has 4 aliphatic heterocycles. The molecule has 14 amide bonds. The van der Waals surface area contributed by atoms with Gasteiger partial charge in [-0.15, -0.1) is 16.9 Å². The van der Waals surface area contributed by atoms with Gasteiger partial charge in [0.15, 0.2) is 11.6 Å². The van der Waals surface area contributed by atoms with E-state index in [-0.39, 0.29) is 120 Å². The molecule has 11 rings (SSSR count). The lowest BCUT2D eigenvalue weighted by atomic mass is 9.93. The summed E-state index contributed by atoms with van der Waals surface area (Å²) >= 11 is 0.785. The largest absolute Gasteiger partial charge is 0.508 e. The Kier molecular flexibility index (Phi) is 37.4. The molecule has 4 aromatic carbocycles. The first-order valence-corrected chi connectivity index (χ1v) is 47.1. The van der Waals surface area contributed by atoms with E-state index in [0.29, 0.717) is 66.1 Å². The molecule has 4 aliphatic rings. The average Bonchev–Trinajstić information content (AvgIpc) is 1.65. The molecule has 3 saturated heterocycles. The lowest BCUT2D eigenvalue weighted by Crippen LogP contribution is -2.61. The number of amides is 14. The number of hydrogen-bond acceptors (Lipinski definition) is 25. The number of carbonyl (C=O) groups excluding carboxylic acids is 15. The van der Waals surface area contributed by atoms with Gasteiger partial charge < -0.3 is 109 Å². The van der Waals surface area contributed by atoms with Crippen molar-refractivity contribution in [2.24, 2.45) is 17.4 Å². The molecule has 0 aliphatic carbocycles. The number of carboxylic acids is 2. The van der Waals surface area contributed by atoms with Gasteiger partial charge in [0.05, 0.1) is 49.7 Å². The fraction of sp³-hybridized carbons (Fsp3) is 0.511. The van der Waals surface area contributed by atoms with Gasteiger partial charge in [0.2, 0.25) is 82.7 Å². The summed E-state index contributed by atoms with van der Waals surface area (Å²) in [4.78, 5) is 263. The minimum Gasteiger partial charge on any atom is -0.508 e. The highest BCUT2D eigenvalue weighted by Crippen LogP contribution is 2.31. The maximum absolute atomic E-state index is 15.7. The number of benzene rings is 4.